The van der Waals surface area contributed by atoms with Crippen molar-refractivity contribution in [3.63, 3.8) is 0 Å². The summed E-state index contributed by atoms with van der Waals surface area (Å²) in [5, 5.41) is 20.3. The molecule has 0 aliphatic heterocycles. The molecule has 7 heteroatoms. The van der Waals surface area contributed by atoms with Gasteiger partial charge < -0.3 is 20.6 Å². The minimum atomic E-state index is -0.0732. The number of pyridine rings is 1. The van der Waals surface area contributed by atoms with Crippen LogP contribution in [0.2, 0.25) is 0 Å². The fraction of sp³-hybridized carbons (Fsp3) is 0.125. The van der Waals surface area contributed by atoms with Gasteiger partial charge in [-0.25, -0.2) is 15.0 Å². The average molecular weight is 309 g/mol. The molecule has 7 nitrogen and oxygen atoms in total. The zero-order chi connectivity index (χ0) is 16.4. The topological polar surface area (TPSA) is 104 Å². The van der Waals surface area contributed by atoms with Crippen LogP contribution in [0.5, 0.6) is 5.88 Å². The smallest absolute Gasteiger partial charge is 0.211 e. The number of aromatic hydroxyl groups is 1. The van der Waals surface area contributed by atoms with Crippen molar-refractivity contribution in [3.8, 4) is 5.88 Å². The van der Waals surface area contributed by atoms with Gasteiger partial charge in [-0.3, -0.25) is 0 Å². The van der Waals surface area contributed by atoms with Gasteiger partial charge >= 0.3 is 0 Å². The molecular formula is C16H15N5O2. The fourth-order valence-corrected chi connectivity index (χ4v) is 2.26. The molecule has 0 bridgehead atoms. The lowest BCUT2D eigenvalue weighted by molar-refractivity contribution is 0.311. The Hall–Kier alpha value is -3.22. The summed E-state index contributed by atoms with van der Waals surface area (Å²) in [5.74, 6) is 0.915. The van der Waals surface area contributed by atoms with Crippen molar-refractivity contribution in [3.05, 3.63) is 53.8 Å². The number of aromatic nitrogens is 3. The summed E-state index contributed by atoms with van der Waals surface area (Å²) >= 11 is 0. The summed E-state index contributed by atoms with van der Waals surface area (Å²) in [6, 6.07) is 3.15. The molecule has 0 unspecified atom stereocenters. The van der Waals surface area contributed by atoms with E-state index in [2.05, 4.69) is 20.3 Å². The predicted molar refractivity (Wildman–Crippen MR) is 86.9 cm³/mol. The highest BCUT2D eigenvalue weighted by molar-refractivity contribution is 6.13. The maximum atomic E-state index is 9.41. The third-order valence-electron chi connectivity index (χ3n) is 3.34. The Morgan fingerprint density at radius 2 is 2.04 bits per heavy atom. The van der Waals surface area contributed by atoms with E-state index < -0.39 is 0 Å². The first-order chi connectivity index (χ1) is 11.1. The summed E-state index contributed by atoms with van der Waals surface area (Å²) in [4.78, 5) is 12.7. The van der Waals surface area contributed by atoms with Crippen LogP contribution in [0, 0.1) is 5.41 Å². The number of hydrogen-bond donors (Lipinski definition) is 3. The maximum Gasteiger partial charge on any atom is 0.211 e. The average Bonchev–Trinajstić information content (AvgIpc) is 2.56. The molecule has 1 aliphatic carbocycles. The van der Waals surface area contributed by atoms with Crippen LogP contribution in [0.15, 0.2) is 48.0 Å². The summed E-state index contributed by atoms with van der Waals surface area (Å²) < 4.78 is 5.35. The van der Waals surface area contributed by atoms with E-state index in [1.165, 1.54) is 6.07 Å². The molecule has 23 heavy (non-hydrogen) atoms. The van der Waals surface area contributed by atoms with Gasteiger partial charge in [0.1, 0.15) is 11.3 Å². The lowest BCUT2D eigenvalue weighted by Crippen LogP contribution is -2.11. The second-order valence-corrected chi connectivity index (χ2v) is 4.84. The SMILES string of the molecule is CN/C=C1/C=C(c2ncc3nc(O)ccc3n2)C(OC)=CC1=N. The number of methoxy groups -OCH3 is 1. The normalized spacial score (nSPS) is 16.3. The first-order valence-corrected chi connectivity index (χ1v) is 6.89. The van der Waals surface area contributed by atoms with Crippen molar-refractivity contribution in [1.29, 1.82) is 5.41 Å². The van der Waals surface area contributed by atoms with E-state index in [1.54, 1.807) is 44.8 Å². The zero-order valence-corrected chi connectivity index (χ0v) is 12.7. The summed E-state index contributed by atoms with van der Waals surface area (Å²) in [6.45, 7) is 0. The summed E-state index contributed by atoms with van der Waals surface area (Å²) in [6.07, 6.45) is 6.70. The number of fused-ring (bicyclic) bond motifs is 1. The lowest BCUT2D eigenvalue weighted by Gasteiger charge is -2.16. The Balaban J connectivity index is 2.12. The molecule has 1 aliphatic rings. The van der Waals surface area contributed by atoms with Crippen molar-refractivity contribution in [2.24, 2.45) is 0 Å². The van der Waals surface area contributed by atoms with Gasteiger partial charge in [-0.05, 0) is 12.1 Å². The van der Waals surface area contributed by atoms with E-state index in [0.29, 0.717) is 39.5 Å². The first kappa shape index (κ1) is 14.7. The fourth-order valence-electron chi connectivity index (χ4n) is 2.26. The van der Waals surface area contributed by atoms with Crippen LogP contribution in [0.25, 0.3) is 16.6 Å². The van der Waals surface area contributed by atoms with Gasteiger partial charge in [0.05, 0.1) is 30.1 Å². The highest BCUT2D eigenvalue weighted by Crippen LogP contribution is 2.28. The Morgan fingerprint density at radius 3 is 2.78 bits per heavy atom. The maximum absolute atomic E-state index is 9.41. The van der Waals surface area contributed by atoms with Gasteiger partial charge in [-0.2, -0.15) is 0 Å². The van der Waals surface area contributed by atoms with Gasteiger partial charge in [0.2, 0.25) is 5.88 Å². The standard InChI is InChI=1S/C16H15N5O2/c1-18-7-9-5-10(14(23-2)6-11(9)17)16-19-8-13-12(21-16)3-4-15(22)20-13/h3-8,17-18H,1-2H3,(H,20,22)/b9-7-,17-11?. The van der Waals surface area contributed by atoms with Crippen LogP contribution in [0.1, 0.15) is 5.82 Å². The minimum absolute atomic E-state index is 0.0732. The van der Waals surface area contributed by atoms with Gasteiger partial charge in [-0.1, -0.05) is 0 Å². The van der Waals surface area contributed by atoms with Gasteiger partial charge in [-0.15, -0.1) is 0 Å². The van der Waals surface area contributed by atoms with Gasteiger partial charge in [0.25, 0.3) is 0 Å². The van der Waals surface area contributed by atoms with E-state index in [1.807, 2.05) is 0 Å². The third kappa shape index (κ3) is 2.76. The van der Waals surface area contributed by atoms with E-state index in [9.17, 15) is 5.11 Å². The van der Waals surface area contributed by atoms with E-state index in [0.717, 1.165) is 0 Å². The monoisotopic (exact) mass is 309 g/mol. The van der Waals surface area contributed by atoms with Crippen molar-refractivity contribution in [2.45, 2.75) is 0 Å². The molecule has 3 rings (SSSR count). The minimum Gasteiger partial charge on any atom is -0.496 e. The summed E-state index contributed by atoms with van der Waals surface area (Å²) in [7, 11) is 3.31. The highest BCUT2D eigenvalue weighted by Gasteiger charge is 2.20. The molecule has 0 atom stereocenters. The van der Waals surface area contributed by atoms with Crippen LogP contribution >= 0.6 is 0 Å². The molecule has 0 saturated heterocycles. The molecule has 116 valence electrons. The number of nitrogens with one attached hydrogen (secondary N) is 2. The van der Waals surface area contributed by atoms with Crippen molar-refractivity contribution in [2.75, 3.05) is 14.2 Å². The Morgan fingerprint density at radius 1 is 1.22 bits per heavy atom. The second-order valence-electron chi connectivity index (χ2n) is 4.84. The molecule has 2 aromatic heterocycles. The third-order valence-corrected chi connectivity index (χ3v) is 3.34. The molecule has 0 spiro atoms. The first-order valence-electron chi connectivity index (χ1n) is 6.89. The van der Waals surface area contributed by atoms with Crippen LogP contribution in [0.3, 0.4) is 0 Å². The van der Waals surface area contributed by atoms with E-state index >= 15 is 0 Å². The van der Waals surface area contributed by atoms with Crippen LogP contribution in [-0.4, -0.2) is 39.9 Å². The number of allylic oxidation sites excluding steroid dienone is 4. The molecule has 2 heterocycles. The molecule has 0 fully saturated rings. The van der Waals surface area contributed by atoms with Gasteiger partial charge in [0, 0.05) is 31.0 Å². The Labute approximate surface area is 132 Å². The molecule has 0 radical (unpaired) electrons. The molecule has 2 aromatic rings. The largest absolute Gasteiger partial charge is 0.496 e. The molecule has 3 N–H and O–H groups in total. The van der Waals surface area contributed by atoms with E-state index in [-0.39, 0.29) is 5.88 Å². The van der Waals surface area contributed by atoms with Crippen molar-refractivity contribution in [1.82, 2.24) is 20.3 Å². The van der Waals surface area contributed by atoms with Gasteiger partial charge in [0.15, 0.2) is 5.82 Å². The van der Waals surface area contributed by atoms with Crippen molar-refractivity contribution >= 4 is 22.3 Å². The molecule has 0 aromatic carbocycles. The number of nitrogens with zero attached hydrogens (tertiary/aromatic N) is 3. The van der Waals surface area contributed by atoms with Crippen LogP contribution < -0.4 is 5.32 Å². The van der Waals surface area contributed by atoms with E-state index in [4.69, 9.17) is 10.1 Å². The number of hydrogen-bond acceptors (Lipinski definition) is 7. The quantitative estimate of drug-likeness (QED) is 0.798. The Kier molecular flexibility index (Phi) is 3.76. The molecule has 0 saturated carbocycles. The molecular weight excluding hydrogens is 294 g/mol. The number of ether oxygens (including phenoxy) is 1. The van der Waals surface area contributed by atoms with Crippen LogP contribution in [-0.2, 0) is 4.74 Å². The molecule has 0 amide bonds. The Bertz CT molecular complexity index is 883. The predicted octanol–water partition coefficient (Wildman–Crippen LogP) is 1.78. The summed E-state index contributed by atoms with van der Waals surface area (Å²) in [5.41, 5.74) is 2.85. The lowest BCUT2D eigenvalue weighted by atomic mass is 9.98. The highest BCUT2D eigenvalue weighted by atomic mass is 16.5. The zero-order valence-electron chi connectivity index (χ0n) is 12.7. The second kappa shape index (κ2) is 5.88. The van der Waals surface area contributed by atoms with Crippen LogP contribution in [0.4, 0.5) is 0 Å². The number of rotatable bonds is 3. The van der Waals surface area contributed by atoms with Crippen molar-refractivity contribution < 1.29 is 9.84 Å².